The topological polar surface area (TPSA) is 0 Å². The fourth-order valence-electron chi connectivity index (χ4n) is 0.770. The first-order chi connectivity index (χ1) is 3.55. The Labute approximate surface area is 56.1 Å². The predicted molar refractivity (Wildman–Crippen MR) is 42.0 cm³/mol. The molecule has 0 N–H and O–H groups in total. The van der Waals surface area contributed by atoms with E-state index in [1.165, 1.54) is 0 Å². The van der Waals surface area contributed by atoms with Gasteiger partial charge in [-0.2, -0.15) is 0 Å². The van der Waals surface area contributed by atoms with Crippen LogP contribution in [0.5, 0.6) is 0 Å². The summed E-state index contributed by atoms with van der Waals surface area (Å²) in [4.78, 5) is 0. The second-order valence-electron chi connectivity index (χ2n) is 3.15. The highest BCUT2D eigenvalue weighted by Gasteiger charge is 2.09. The van der Waals surface area contributed by atoms with Gasteiger partial charge in [0.1, 0.15) is 0 Å². The van der Waals surface area contributed by atoms with Crippen LogP contribution in [-0.4, -0.2) is 10.2 Å². The quantitative estimate of drug-likeness (QED) is 0.498. The molecule has 49 valence electrons. The summed E-state index contributed by atoms with van der Waals surface area (Å²) in [7, 11) is 2.12. The van der Waals surface area contributed by atoms with Crippen molar-refractivity contribution in [1.82, 2.24) is 0 Å². The van der Waals surface area contributed by atoms with Gasteiger partial charge in [0.15, 0.2) is 0 Å². The zero-order valence-electron chi connectivity index (χ0n) is 6.44. The van der Waals surface area contributed by atoms with E-state index >= 15 is 0 Å². The normalized spacial score (nSPS) is 12.0. The van der Waals surface area contributed by atoms with Gasteiger partial charge in [-0.15, -0.1) is 0 Å². The Bertz CT molecular complexity index is 49.4. The third kappa shape index (κ3) is 2.51. The fourth-order valence-corrected chi connectivity index (χ4v) is 0.770. The zero-order valence-corrected chi connectivity index (χ0v) is 7.85. The van der Waals surface area contributed by atoms with E-state index in [0.29, 0.717) is 0 Å². The molecule has 1 radical (unpaired) electrons. The lowest BCUT2D eigenvalue weighted by atomic mass is 10.00. The smallest absolute Gasteiger partial charge is 0.0128 e. The number of hydrogen-bond donors (Lipinski definition) is 0. The molecule has 0 spiro atoms. The van der Waals surface area contributed by atoms with Crippen molar-refractivity contribution in [2.24, 2.45) is 11.8 Å². The van der Waals surface area contributed by atoms with Gasteiger partial charge in [0.25, 0.3) is 0 Å². The molecule has 0 bridgehead atoms. The molecule has 0 unspecified atom stereocenters. The van der Waals surface area contributed by atoms with E-state index in [1.807, 2.05) is 0 Å². The summed E-state index contributed by atoms with van der Waals surface area (Å²) in [5, 5.41) is 0. The molecule has 0 aliphatic carbocycles. The molecular formula is C7H17Si. The summed E-state index contributed by atoms with van der Waals surface area (Å²) in [6.45, 7) is 9.16. The van der Waals surface area contributed by atoms with Crippen molar-refractivity contribution in [3.8, 4) is 0 Å². The van der Waals surface area contributed by atoms with Crippen molar-refractivity contribution in [3.63, 3.8) is 0 Å². The third-order valence-electron chi connectivity index (χ3n) is 1.71. The van der Waals surface area contributed by atoms with Crippen molar-refractivity contribution < 1.29 is 0 Å². The summed E-state index contributed by atoms with van der Waals surface area (Å²) >= 11 is 0. The lowest BCUT2D eigenvalue weighted by molar-refractivity contribution is 0.469. The molecule has 0 heterocycles. The van der Waals surface area contributed by atoms with Crippen LogP contribution in [0.1, 0.15) is 27.7 Å². The lowest BCUT2D eigenvalue weighted by Gasteiger charge is -2.18. The van der Waals surface area contributed by atoms with Gasteiger partial charge in [0, 0.05) is 10.2 Å². The van der Waals surface area contributed by atoms with Crippen molar-refractivity contribution in [1.29, 1.82) is 0 Å². The van der Waals surface area contributed by atoms with Crippen LogP contribution >= 0.6 is 0 Å². The van der Waals surface area contributed by atoms with Crippen LogP contribution in [0.2, 0.25) is 5.54 Å². The molecule has 0 aliphatic heterocycles. The molecule has 0 rings (SSSR count). The molecule has 0 atom stereocenters. The lowest BCUT2D eigenvalue weighted by Crippen LogP contribution is -2.08. The van der Waals surface area contributed by atoms with Crippen LogP contribution in [0.15, 0.2) is 0 Å². The Hall–Kier alpha value is 0.217. The maximum atomic E-state index is 2.29. The van der Waals surface area contributed by atoms with Gasteiger partial charge in [0.05, 0.1) is 0 Å². The van der Waals surface area contributed by atoms with E-state index in [2.05, 4.69) is 37.9 Å². The standard InChI is InChI=1S/C7H17Si/c1-5(2)7(8)6(3)4/h5-7H,8H2,1-4H3. The summed E-state index contributed by atoms with van der Waals surface area (Å²) in [6.07, 6.45) is 0. The van der Waals surface area contributed by atoms with E-state index in [9.17, 15) is 0 Å². The molecule has 0 aromatic carbocycles. The summed E-state index contributed by atoms with van der Waals surface area (Å²) in [5.41, 5.74) is 0.898. The maximum Gasteiger partial charge on any atom is 0.0128 e. The zero-order chi connectivity index (χ0) is 6.73. The van der Waals surface area contributed by atoms with Gasteiger partial charge in [0.2, 0.25) is 0 Å². The highest BCUT2D eigenvalue weighted by atomic mass is 28.1. The summed E-state index contributed by atoms with van der Waals surface area (Å²) < 4.78 is 0. The Kier molecular flexibility index (Phi) is 3.37. The number of hydrogen-bond acceptors (Lipinski definition) is 0. The van der Waals surface area contributed by atoms with Gasteiger partial charge in [-0.1, -0.05) is 27.7 Å². The van der Waals surface area contributed by atoms with Gasteiger partial charge in [-0.3, -0.25) is 0 Å². The van der Waals surface area contributed by atoms with Gasteiger partial charge in [-0.05, 0) is 17.4 Å². The van der Waals surface area contributed by atoms with Crippen LogP contribution < -0.4 is 0 Å². The molecule has 0 nitrogen and oxygen atoms in total. The Morgan fingerprint density at radius 1 is 0.875 bits per heavy atom. The minimum atomic E-state index is 0.855. The Morgan fingerprint density at radius 3 is 1.12 bits per heavy atom. The van der Waals surface area contributed by atoms with E-state index in [-0.39, 0.29) is 0 Å². The monoisotopic (exact) mass is 129 g/mol. The maximum absolute atomic E-state index is 2.29. The molecule has 0 amide bonds. The van der Waals surface area contributed by atoms with Crippen LogP contribution in [0.3, 0.4) is 0 Å². The summed E-state index contributed by atoms with van der Waals surface area (Å²) in [5.74, 6) is 1.71. The van der Waals surface area contributed by atoms with Crippen LogP contribution in [-0.2, 0) is 0 Å². The predicted octanol–water partition coefficient (Wildman–Crippen LogP) is 1.72. The van der Waals surface area contributed by atoms with Crippen molar-refractivity contribution >= 4 is 10.2 Å². The highest BCUT2D eigenvalue weighted by Crippen LogP contribution is 2.21. The molecule has 0 saturated carbocycles. The molecule has 0 saturated heterocycles. The molecule has 1 heteroatoms. The molecule has 0 aromatic rings. The first kappa shape index (κ1) is 8.22. The highest BCUT2D eigenvalue weighted by molar-refractivity contribution is 6.11. The molecule has 0 aromatic heterocycles. The fraction of sp³-hybridized carbons (Fsp3) is 1.00. The van der Waals surface area contributed by atoms with Crippen molar-refractivity contribution in [2.75, 3.05) is 0 Å². The van der Waals surface area contributed by atoms with E-state index < -0.39 is 0 Å². The second kappa shape index (κ2) is 3.28. The van der Waals surface area contributed by atoms with Crippen LogP contribution in [0.4, 0.5) is 0 Å². The van der Waals surface area contributed by atoms with E-state index in [4.69, 9.17) is 0 Å². The van der Waals surface area contributed by atoms with Crippen molar-refractivity contribution in [3.05, 3.63) is 0 Å². The average molecular weight is 129 g/mol. The van der Waals surface area contributed by atoms with Gasteiger partial charge < -0.3 is 0 Å². The Balaban J connectivity index is 3.46. The number of rotatable bonds is 2. The van der Waals surface area contributed by atoms with E-state index in [1.54, 1.807) is 0 Å². The van der Waals surface area contributed by atoms with Gasteiger partial charge >= 0.3 is 0 Å². The Morgan fingerprint density at radius 2 is 1.12 bits per heavy atom. The van der Waals surface area contributed by atoms with Crippen LogP contribution in [0, 0.1) is 11.8 Å². The van der Waals surface area contributed by atoms with Crippen LogP contribution in [0.25, 0.3) is 0 Å². The molecule has 8 heavy (non-hydrogen) atoms. The first-order valence-electron chi connectivity index (χ1n) is 3.38. The second-order valence-corrected chi connectivity index (χ2v) is 4.09. The van der Waals surface area contributed by atoms with E-state index in [0.717, 1.165) is 17.4 Å². The third-order valence-corrected chi connectivity index (χ3v) is 3.60. The minimum absolute atomic E-state index is 0.855. The summed E-state index contributed by atoms with van der Waals surface area (Å²) in [6, 6.07) is 0. The SMILES string of the molecule is CC(C)C([SiH2])C(C)C. The molecule has 0 fully saturated rings. The van der Waals surface area contributed by atoms with Crippen molar-refractivity contribution in [2.45, 2.75) is 33.2 Å². The largest absolute Gasteiger partial charge is 0.0628 e. The molecule has 0 aliphatic rings. The average Bonchev–Trinajstić information content (AvgIpc) is 1.64. The molecular weight excluding hydrogens is 112 g/mol. The van der Waals surface area contributed by atoms with Gasteiger partial charge in [-0.25, -0.2) is 0 Å². The first-order valence-corrected chi connectivity index (χ1v) is 4.20. The minimum Gasteiger partial charge on any atom is -0.0628 e.